The molecule has 0 bridgehead atoms. The van der Waals surface area contributed by atoms with Crippen LogP contribution in [-0.2, 0) is 14.4 Å². The first-order valence-corrected chi connectivity index (χ1v) is 11.8. The molecule has 5 nitrogen and oxygen atoms in total. The zero-order chi connectivity index (χ0) is 22.9. The third-order valence-electron chi connectivity index (χ3n) is 9.72. The molecule has 0 radical (unpaired) electrons. The lowest BCUT2D eigenvalue weighted by Crippen LogP contribution is -2.56. The maximum absolute atomic E-state index is 13.7. The summed E-state index contributed by atoms with van der Waals surface area (Å²) in [7, 11) is 0. The number of aliphatic carboxylic acids is 1. The van der Waals surface area contributed by atoms with Crippen molar-refractivity contribution >= 4 is 17.5 Å². The van der Waals surface area contributed by atoms with Gasteiger partial charge in [0.25, 0.3) is 0 Å². The molecule has 4 aliphatic rings. The largest absolute Gasteiger partial charge is 0.505 e. The van der Waals surface area contributed by atoms with Gasteiger partial charge in [0.2, 0.25) is 5.78 Å². The lowest BCUT2D eigenvalue weighted by Gasteiger charge is -2.57. The van der Waals surface area contributed by atoms with Crippen LogP contribution in [0.4, 0.5) is 0 Å². The molecular weight excluding hydrogens is 392 g/mol. The van der Waals surface area contributed by atoms with Gasteiger partial charge in [-0.1, -0.05) is 32.4 Å². The predicted octanol–water partition coefficient (Wildman–Crippen LogP) is 5.11. The highest BCUT2D eigenvalue weighted by molar-refractivity contribution is 6.01. The highest BCUT2D eigenvalue weighted by Crippen LogP contribution is 2.67. The van der Waals surface area contributed by atoms with Gasteiger partial charge in [0.1, 0.15) is 5.78 Å². The maximum Gasteiger partial charge on any atom is 0.303 e. The quantitative estimate of drug-likeness (QED) is 0.607. The first kappa shape index (κ1) is 22.3. The van der Waals surface area contributed by atoms with Crippen LogP contribution in [0.2, 0.25) is 0 Å². The SMILES string of the molecule is C[C@H](CCC(=O)O)[C@H]1CC[C@H]2[C@@H]3CC=C4C(C)(C)C(=O)C(O)=C[C@]4(C)[C@H]3CC(=O)[C@]12C. The average Bonchev–Trinajstić information content (AvgIpc) is 3.04. The van der Waals surface area contributed by atoms with E-state index in [1.54, 1.807) is 6.08 Å². The minimum absolute atomic E-state index is 0.0840. The maximum atomic E-state index is 13.7. The van der Waals surface area contributed by atoms with Crippen LogP contribution in [0.3, 0.4) is 0 Å². The second kappa shape index (κ2) is 7.05. The summed E-state index contributed by atoms with van der Waals surface area (Å²) in [6.45, 7) is 10.1. The Bertz CT molecular complexity index is 895. The summed E-state index contributed by atoms with van der Waals surface area (Å²) >= 11 is 0. The van der Waals surface area contributed by atoms with Crippen molar-refractivity contribution in [2.45, 2.75) is 73.1 Å². The Morgan fingerprint density at radius 3 is 2.48 bits per heavy atom. The summed E-state index contributed by atoms with van der Waals surface area (Å²) in [6, 6.07) is 0. The summed E-state index contributed by atoms with van der Waals surface area (Å²) in [6.07, 6.45) is 7.99. The van der Waals surface area contributed by atoms with Crippen LogP contribution >= 0.6 is 0 Å². The van der Waals surface area contributed by atoms with E-state index in [1.807, 2.05) is 13.8 Å². The predicted molar refractivity (Wildman–Crippen MR) is 117 cm³/mol. The second-order valence-electron chi connectivity index (χ2n) is 11.5. The van der Waals surface area contributed by atoms with Crippen molar-refractivity contribution in [3.63, 3.8) is 0 Å². The van der Waals surface area contributed by atoms with Gasteiger partial charge in [-0.2, -0.15) is 0 Å². The zero-order valence-electron chi connectivity index (χ0n) is 19.4. The van der Waals surface area contributed by atoms with Gasteiger partial charge in [-0.15, -0.1) is 0 Å². The molecule has 7 atom stereocenters. The van der Waals surface area contributed by atoms with Gasteiger partial charge in [0.05, 0.1) is 5.41 Å². The number of carboxylic acids is 1. The summed E-state index contributed by atoms with van der Waals surface area (Å²) in [5.41, 5.74) is -0.614. The molecular formula is C26H36O5. The van der Waals surface area contributed by atoms with E-state index in [0.717, 1.165) is 24.8 Å². The molecule has 0 aromatic heterocycles. The van der Waals surface area contributed by atoms with Crippen LogP contribution in [0, 0.1) is 45.8 Å². The number of carboxylic acid groups (broad SMARTS) is 1. The Morgan fingerprint density at radius 1 is 1.16 bits per heavy atom. The molecule has 4 rings (SSSR count). The Morgan fingerprint density at radius 2 is 1.84 bits per heavy atom. The fourth-order valence-corrected chi connectivity index (χ4v) is 8.15. The lowest BCUT2D eigenvalue weighted by molar-refractivity contribution is -0.146. The van der Waals surface area contributed by atoms with Crippen molar-refractivity contribution in [2.75, 3.05) is 0 Å². The summed E-state index contributed by atoms with van der Waals surface area (Å²) in [5, 5.41) is 19.6. The zero-order valence-corrected chi connectivity index (χ0v) is 19.4. The molecule has 0 unspecified atom stereocenters. The van der Waals surface area contributed by atoms with E-state index in [1.165, 1.54) is 0 Å². The fourth-order valence-electron chi connectivity index (χ4n) is 8.15. The van der Waals surface area contributed by atoms with Crippen LogP contribution in [-0.4, -0.2) is 27.7 Å². The number of ketones is 2. The molecule has 2 saturated carbocycles. The van der Waals surface area contributed by atoms with Crippen LogP contribution < -0.4 is 0 Å². The number of carbonyl (C=O) groups is 3. The number of aliphatic hydroxyl groups is 1. The van der Waals surface area contributed by atoms with Gasteiger partial charge in [-0.25, -0.2) is 0 Å². The molecule has 0 aliphatic heterocycles. The van der Waals surface area contributed by atoms with Gasteiger partial charge in [0.15, 0.2) is 5.76 Å². The van der Waals surface area contributed by atoms with Crippen molar-refractivity contribution < 1.29 is 24.6 Å². The van der Waals surface area contributed by atoms with Gasteiger partial charge < -0.3 is 10.2 Å². The van der Waals surface area contributed by atoms with E-state index in [9.17, 15) is 19.5 Å². The molecule has 0 amide bonds. The van der Waals surface area contributed by atoms with Gasteiger partial charge >= 0.3 is 5.97 Å². The Labute approximate surface area is 185 Å². The Hall–Kier alpha value is -1.91. The fraction of sp³-hybridized carbons (Fsp3) is 0.731. The van der Waals surface area contributed by atoms with Gasteiger partial charge in [-0.05, 0) is 75.2 Å². The van der Waals surface area contributed by atoms with E-state index in [4.69, 9.17) is 5.11 Å². The topological polar surface area (TPSA) is 91.7 Å². The third kappa shape index (κ3) is 2.98. The number of carbonyl (C=O) groups excluding carboxylic acids is 2. The minimum atomic E-state index is -0.777. The number of Topliss-reactive ketones (excluding diaryl/α,β-unsaturated/α-hetero) is 2. The molecule has 0 saturated heterocycles. The third-order valence-corrected chi connectivity index (χ3v) is 9.72. The molecule has 0 aromatic rings. The van der Waals surface area contributed by atoms with Crippen LogP contribution in [0.1, 0.15) is 73.1 Å². The highest BCUT2D eigenvalue weighted by Gasteiger charge is 2.64. The lowest BCUT2D eigenvalue weighted by atomic mass is 9.45. The molecule has 4 aliphatic carbocycles. The normalized spacial score (nSPS) is 42.1. The summed E-state index contributed by atoms with van der Waals surface area (Å²) in [4.78, 5) is 37.5. The number of allylic oxidation sites excluding steroid dienone is 4. The molecule has 0 spiro atoms. The smallest absolute Gasteiger partial charge is 0.303 e. The van der Waals surface area contributed by atoms with E-state index < -0.39 is 22.2 Å². The molecule has 0 aromatic carbocycles. The number of hydrogen-bond acceptors (Lipinski definition) is 4. The van der Waals surface area contributed by atoms with E-state index in [-0.39, 0.29) is 47.4 Å². The molecule has 31 heavy (non-hydrogen) atoms. The van der Waals surface area contributed by atoms with E-state index >= 15 is 0 Å². The number of hydrogen-bond donors (Lipinski definition) is 2. The summed E-state index contributed by atoms with van der Waals surface area (Å²) < 4.78 is 0. The van der Waals surface area contributed by atoms with Crippen LogP contribution in [0.15, 0.2) is 23.5 Å². The second-order valence-corrected chi connectivity index (χ2v) is 11.5. The van der Waals surface area contributed by atoms with Crippen LogP contribution in [0.5, 0.6) is 0 Å². The standard InChI is InChI=1S/C26H36O5/c1-14(6-11-22(29)30)16-8-9-17-15-7-10-20-24(2,3)23(31)19(27)13-25(20,4)18(15)12-21(28)26(16,17)5/h10,13-18,27H,6-9,11-12H2,1-5H3,(H,29,30)/t14-,15+,16-,17+,18+,25-,26-/m1/s1. The summed E-state index contributed by atoms with van der Waals surface area (Å²) in [5.74, 6) is 0.203. The number of aliphatic hydroxyl groups excluding tert-OH is 1. The molecule has 5 heteroatoms. The van der Waals surface area contributed by atoms with Crippen molar-refractivity contribution in [1.29, 1.82) is 0 Å². The first-order valence-electron chi connectivity index (χ1n) is 11.8. The Balaban J connectivity index is 1.70. The molecule has 2 fully saturated rings. The number of fused-ring (bicyclic) bond motifs is 5. The Kier molecular flexibility index (Phi) is 5.07. The van der Waals surface area contributed by atoms with Crippen molar-refractivity contribution in [1.82, 2.24) is 0 Å². The van der Waals surface area contributed by atoms with E-state index in [2.05, 4.69) is 26.8 Å². The van der Waals surface area contributed by atoms with Gasteiger partial charge in [-0.3, -0.25) is 14.4 Å². The molecule has 0 heterocycles. The average molecular weight is 429 g/mol. The van der Waals surface area contributed by atoms with Crippen molar-refractivity contribution in [3.8, 4) is 0 Å². The van der Waals surface area contributed by atoms with E-state index in [0.29, 0.717) is 18.8 Å². The number of rotatable bonds is 4. The van der Waals surface area contributed by atoms with Gasteiger partial charge in [0, 0.05) is 23.7 Å². The van der Waals surface area contributed by atoms with Crippen LogP contribution in [0.25, 0.3) is 0 Å². The molecule has 170 valence electrons. The highest BCUT2D eigenvalue weighted by atomic mass is 16.4. The first-order chi connectivity index (χ1) is 14.3. The molecule has 2 N–H and O–H groups in total. The van der Waals surface area contributed by atoms with Crippen molar-refractivity contribution in [2.24, 2.45) is 45.8 Å². The monoisotopic (exact) mass is 428 g/mol. The van der Waals surface area contributed by atoms with Crippen molar-refractivity contribution in [3.05, 3.63) is 23.5 Å². The minimum Gasteiger partial charge on any atom is -0.505 e.